The fraction of sp³-hybridized carbons (Fsp3) is 0.625. The molecule has 0 saturated carbocycles. The Kier molecular flexibility index (Phi) is 4.68. The summed E-state index contributed by atoms with van der Waals surface area (Å²) >= 11 is 2.64. The molecular formula is C16H22N4S2. The van der Waals surface area contributed by atoms with Gasteiger partial charge in [0.2, 0.25) is 0 Å². The lowest BCUT2D eigenvalue weighted by atomic mass is 9.85. The summed E-state index contributed by atoms with van der Waals surface area (Å²) in [6.07, 6.45) is 4.39. The molecule has 1 aromatic heterocycles. The predicted octanol–water partition coefficient (Wildman–Crippen LogP) is 6.22. The summed E-state index contributed by atoms with van der Waals surface area (Å²) in [4.78, 5) is 0. The van der Waals surface area contributed by atoms with E-state index in [0.29, 0.717) is 11.8 Å². The number of aromatic nitrogens is 2. The van der Waals surface area contributed by atoms with E-state index in [1.54, 1.807) is 0 Å². The van der Waals surface area contributed by atoms with Crippen molar-refractivity contribution in [2.24, 2.45) is 8.73 Å². The van der Waals surface area contributed by atoms with Crippen LogP contribution in [-0.4, -0.2) is 8.75 Å². The Morgan fingerprint density at radius 2 is 1.14 bits per heavy atom. The SMILES string of the molecule is CCC(CC)c1c2c(c(C(CC)CC)c3nsnc13)N=S=N2. The van der Waals surface area contributed by atoms with Gasteiger partial charge in [-0.3, -0.25) is 0 Å². The zero-order valence-electron chi connectivity index (χ0n) is 13.6. The molecule has 0 fully saturated rings. The Morgan fingerprint density at radius 1 is 0.727 bits per heavy atom. The molecule has 0 bridgehead atoms. The average Bonchev–Trinajstić information content (AvgIpc) is 3.19. The largest absolute Gasteiger partial charge is 0.173 e. The van der Waals surface area contributed by atoms with E-state index in [0.717, 1.165) is 48.1 Å². The summed E-state index contributed by atoms with van der Waals surface area (Å²) in [7, 11) is 0. The molecule has 0 atom stereocenters. The number of rotatable bonds is 6. The quantitative estimate of drug-likeness (QED) is 0.537. The van der Waals surface area contributed by atoms with E-state index >= 15 is 0 Å². The zero-order valence-corrected chi connectivity index (χ0v) is 15.2. The van der Waals surface area contributed by atoms with Crippen molar-refractivity contribution in [2.75, 3.05) is 0 Å². The van der Waals surface area contributed by atoms with Crippen LogP contribution in [0.1, 0.15) is 76.3 Å². The van der Waals surface area contributed by atoms with Crippen LogP contribution in [0.25, 0.3) is 11.0 Å². The molecule has 1 aliphatic heterocycles. The van der Waals surface area contributed by atoms with Gasteiger partial charge in [0.1, 0.15) is 22.4 Å². The Hall–Kier alpha value is -1.14. The van der Waals surface area contributed by atoms with Crippen molar-refractivity contribution < 1.29 is 0 Å². The molecule has 2 heterocycles. The predicted molar refractivity (Wildman–Crippen MR) is 95.6 cm³/mol. The first kappa shape index (κ1) is 15.7. The molecule has 6 heteroatoms. The van der Waals surface area contributed by atoms with Crippen LogP contribution in [0.5, 0.6) is 0 Å². The Morgan fingerprint density at radius 3 is 1.50 bits per heavy atom. The first-order chi connectivity index (χ1) is 10.8. The number of hydrogen-bond acceptors (Lipinski definition) is 5. The molecule has 1 aliphatic rings. The highest BCUT2D eigenvalue weighted by molar-refractivity contribution is 7.58. The van der Waals surface area contributed by atoms with E-state index in [4.69, 9.17) is 0 Å². The molecule has 1 aromatic carbocycles. The smallest absolute Gasteiger partial charge is 0.110 e. The van der Waals surface area contributed by atoms with Gasteiger partial charge in [0, 0.05) is 11.1 Å². The minimum atomic E-state index is 0.480. The monoisotopic (exact) mass is 334 g/mol. The maximum absolute atomic E-state index is 4.64. The second kappa shape index (κ2) is 6.54. The minimum absolute atomic E-state index is 0.480. The van der Waals surface area contributed by atoms with E-state index in [9.17, 15) is 0 Å². The lowest BCUT2D eigenvalue weighted by Crippen LogP contribution is -2.03. The van der Waals surface area contributed by atoms with Crippen LogP contribution in [0.4, 0.5) is 11.4 Å². The summed E-state index contributed by atoms with van der Waals surface area (Å²) in [6, 6.07) is 0. The van der Waals surface area contributed by atoms with Crippen molar-refractivity contribution in [3.05, 3.63) is 11.1 Å². The van der Waals surface area contributed by atoms with E-state index in [1.165, 1.54) is 34.2 Å². The summed E-state index contributed by atoms with van der Waals surface area (Å²) in [5, 5.41) is 0. The molecule has 4 nitrogen and oxygen atoms in total. The van der Waals surface area contributed by atoms with Crippen LogP contribution in [0.3, 0.4) is 0 Å². The van der Waals surface area contributed by atoms with Crippen LogP contribution >= 0.6 is 11.7 Å². The number of benzene rings is 1. The molecule has 0 aliphatic carbocycles. The highest BCUT2D eigenvalue weighted by Crippen LogP contribution is 2.50. The Labute approximate surface area is 139 Å². The molecule has 0 radical (unpaired) electrons. The fourth-order valence-electron chi connectivity index (χ4n) is 3.48. The van der Waals surface area contributed by atoms with E-state index in [2.05, 4.69) is 45.2 Å². The van der Waals surface area contributed by atoms with Crippen molar-refractivity contribution in [3.8, 4) is 0 Å². The second-order valence-electron chi connectivity index (χ2n) is 5.78. The number of fused-ring (bicyclic) bond motifs is 2. The van der Waals surface area contributed by atoms with Crippen molar-refractivity contribution in [2.45, 2.75) is 65.2 Å². The number of hydrogen-bond donors (Lipinski definition) is 0. The van der Waals surface area contributed by atoms with Gasteiger partial charge in [-0.2, -0.15) is 17.5 Å². The topological polar surface area (TPSA) is 50.5 Å². The highest BCUT2D eigenvalue weighted by Gasteiger charge is 2.29. The van der Waals surface area contributed by atoms with E-state index in [-0.39, 0.29) is 0 Å². The third-order valence-corrected chi connectivity index (χ3v) is 5.84. The van der Waals surface area contributed by atoms with Crippen LogP contribution in [0.2, 0.25) is 0 Å². The van der Waals surface area contributed by atoms with Gasteiger partial charge in [0.25, 0.3) is 0 Å². The summed E-state index contributed by atoms with van der Waals surface area (Å²) in [5.74, 6) is 0.960. The normalized spacial score (nSPS) is 13.4. The van der Waals surface area contributed by atoms with Gasteiger partial charge in [-0.15, -0.1) is 0 Å². The fourth-order valence-corrected chi connectivity index (χ4v) is 4.62. The average molecular weight is 335 g/mol. The van der Waals surface area contributed by atoms with Crippen molar-refractivity contribution in [1.82, 2.24) is 8.75 Å². The zero-order chi connectivity index (χ0) is 15.7. The van der Waals surface area contributed by atoms with Gasteiger partial charge >= 0.3 is 0 Å². The van der Waals surface area contributed by atoms with E-state index in [1.807, 2.05) is 0 Å². The minimum Gasteiger partial charge on any atom is -0.173 e. The number of nitrogens with zero attached hydrogens (tertiary/aromatic N) is 4. The molecule has 3 rings (SSSR count). The van der Waals surface area contributed by atoms with E-state index < -0.39 is 0 Å². The van der Waals surface area contributed by atoms with Gasteiger partial charge in [-0.25, -0.2) is 0 Å². The van der Waals surface area contributed by atoms with Crippen molar-refractivity contribution in [3.63, 3.8) is 0 Å². The van der Waals surface area contributed by atoms with Gasteiger partial charge in [0.05, 0.1) is 23.1 Å². The lowest BCUT2D eigenvalue weighted by Gasteiger charge is -2.20. The van der Waals surface area contributed by atoms with Gasteiger partial charge in [-0.1, -0.05) is 27.7 Å². The Bertz CT molecular complexity index is 693. The maximum Gasteiger partial charge on any atom is 0.110 e. The Balaban J connectivity index is 2.35. The van der Waals surface area contributed by atoms with Crippen molar-refractivity contribution >= 4 is 45.5 Å². The van der Waals surface area contributed by atoms with Gasteiger partial charge in [-0.05, 0) is 37.5 Å². The maximum atomic E-state index is 4.64. The lowest BCUT2D eigenvalue weighted by molar-refractivity contribution is 0.639. The third kappa shape index (κ3) is 2.33. The van der Waals surface area contributed by atoms with Crippen LogP contribution in [0.15, 0.2) is 8.73 Å². The standard InChI is InChI=1S/C16H22N4S2/c1-5-9(6-2)11-13-15(19-21-17-13)12(10(7-3)8-4)16-14(11)18-22-20-16/h9-10H,5-8H2,1-4H3. The molecule has 0 unspecified atom stereocenters. The third-order valence-electron chi connectivity index (χ3n) is 4.79. The molecular weight excluding hydrogens is 312 g/mol. The molecule has 0 amide bonds. The molecule has 22 heavy (non-hydrogen) atoms. The summed E-state index contributed by atoms with van der Waals surface area (Å²) in [5.41, 5.74) is 6.82. The summed E-state index contributed by atoms with van der Waals surface area (Å²) < 4.78 is 18.6. The van der Waals surface area contributed by atoms with Crippen molar-refractivity contribution in [1.29, 1.82) is 0 Å². The van der Waals surface area contributed by atoms with Gasteiger partial charge < -0.3 is 0 Å². The van der Waals surface area contributed by atoms with Crippen LogP contribution in [-0.2, 0) is 11.4 Å². The molecule has 118 valence electrons. The summed E-state index contributed by atoms with van der Waals surface area (Å²) in [6.45, 7) is 8.95. The molecule has 0 saturated heterocycles. The van der Waals surface area contributed by atoms with Crippen LogP contribution < -0.4 is 0 Å². The highest BCUT2D eigenvalue weighted by atomic mass is 32.1. The van der Waals surface area contributed by atoms with Crippen LogP contribution in [0, 0.1) is 0 Å². The molecule has 0 spiro atoms. The second-order valence-corrected chi connectivity index (χ2v) is 6.83. The first-order valence-electron chi connectivity index (χ1n) is 8.16. The molecule has 0 N–H and O–H groups in total. The first-order valence-corrected chi connectivity index (χ1v) is 9.62. The molecule has 2 aromatic rings. The van der Waals surface area contributed by atoms with Gasteiger partial charge in [0.15, 0.2) is 0 Å².